The zero-order chi connectivity index (χ0) is 43.7. The van der Waals surface area contributed by atoms with Gasteiger partial charge in [0.1, 0.15) is 0 Å². The third-order valence-electron chi connectivity index (χ3n) is 12.9. The van der Waals surface area contributed by atoms with Gasteiger partial charge in [0.15, 0.2) is 0 Å². The van der Waals surface area contributed by atoms with Crippen LogP contribution >= 0.6 is 0 Å². The van der Waals surface area contributed by atoms with E-state index in [1.165, 1.54) is 27.2 Å². The van der Waals surface area contributed by atoms with Crippen LogP contribution in [0.5, 0.6) is 0 Å². The van der Waals surface area contributed by atoms with Crippen LogP contribution in [-0.2, 0) is 43.2 Å². The summed E-state index contributed by atoms with van der Waals surface area (Å²) in [5.74, 6) is 0.545. The van der Waals surface area contributed by atoms with Crippen molar-refractivity contribution in [3.8, 4) is 22.5 Å². The molecule has 2 aliphatic rings. The number of aryl methyl sites for hydroxylation is 3. The van der Waals surface area contributed by atoms with Gasteiger partial charge in [-0.05, 0) is 129 Å². The fourth-order valence-electron chi connectivity index (χ4n) is 8.79. The Bertz CT molecular complexity index is 2680. The van der Waals surface area contributed by atoms with Gasteiger partial charge in [-0.1, -0.05) is 48.5 Å². The van der Waals surface area contributed by atoms with Crippen molar-refractivity contribution < 1.29 is 19.2 Å². The third kappa shape index (κ3) is 8.87. The minimum Gasteiger partial charge on any atom is -0.313 e. The molecule has 0 saturated carbocycles. The molecule has 4 amide bonds. The summed E-state index contributed by atoms with van der Waals surface area (Å²) in [6.45, 7) is 10.6. The molecule has 4 heterocycles. The summed E-state index contributed by atoms with van der Waals surface area (Å²) in [5, 5.41) is 5.95. The molecule has 2 fully saturated rings. The van der Waals surface area contributed by atoms with Crippen LogP contribution < -0.4 is 10.6 Å². The molecule has 2 N–H and O–H groups in total. The molecule has 2 unspecified atom stereocenters. The molecule has 2 saturated heterocycles. The second-order valence-electron chi connectivity index (χ2n) is 17.0. The number of amides is 4. The summed E-state index contributed by atoms with van der Waals surface area (Å²) >= 11 is 0. The van der Waals surface area contributed by atoms with Crippen LogP contribution in [0.3, 0.4) is 0 Å². The topological polar surface area (TPSA) is 134 Å². The zero-order valence-corrected chi connectivity index (χ0v) is 36.4. The number of carbonyl (C=O) groups excluding carboxylic acids is 4. The van der Waals surface area contributed by atoms with Crippen LogP contribution in [0, 0.1) is 26.7 Å². The van der Waals surface area contributed by atoms with Crippen molar-refractivity contribution in [3.63, 3.8) is 0 Å². The Kier molecular flexibility index (Phi) is 12.0. The quantitative estimate of drug-likeness (QED) is 0.118. The third-order valence-corrected chi connectivity index (χ3v) is 12.9. The van der Waals surface area contributed by atoms with E-state index in [1.54, 1.807) is 30.6 Å². The number of anilines is 2. The van der Waals surface area contributed by atoms with E-state index >= 15 is 0 Å². The lowest BCUT2D eigenvalue weighted by molar-refractivity contribution is -0.148. The molecule has 0 bridgehead atoms. The van der Waals surface area contributed by atoms with Crippen LogP contribution in [0.1, 0.15) is 86.7 Å². The Morgan fingerprint density at radius 1 is 0.677 bits per heavy atom. The van der Waals surface area contributed by atoms with E-state index in [0.29, 0.717) is 59.8 Å². The van der Waals surface area contributed by atoms with Crippen molar-refractivity contribution in [2.45, 2.75) is 78.9 Å². The molecule has 318 valence electrons. The Morgan fingerprint density at radius 3 is 1.79 bits per heavy atom. The number of hydrogen-bond acceptors (Lipinski definition) is 7. The van der Waals surface area contributed by atoms with Crippen LogP contribution in [0.2, 0.25) is 0 Å². The van der Waals surface area contributed by atoms with Crippen molar-refractivity contribution in [2.75, 3.05) is 17.2 Å². The number of piperidine rings is 1. The Labute approximate surface area is 363 Å². The molecule has 62 heavy (non-hydrogen) atoms. The molecule has 6 aromatic rings. The number of likely N-dealkylation sites (tertiary alicyclic amines) is 2. The number of aromatic nitrogens is 4. The van der Waals surface area contributed by atoms with Gasteiger partial charge in [-0.25, -0.2) is 9.97 Å². The summed E-state index contributed by atoms with van der Waals surface area (Å²) in [6, 6.07) is 28.1. The van der Waals surface area contributed by atoms with E-state index in [2.05, 4.69) is 95.7 Å². The number of hydrogen-bond donors (Lipinski definition) is 2. The largest absolute Gasteiger partial charge is 0.313 e. The number of carbonyl (C=O) groups is 4. The fraction of sp³-hybridized carbons (Fsp3) is 0.320. The molecule has 2 aromatic heterocycles. The van der Waals surface area contributed by atoms with Gasteiger partial charge in [-0.2, -0.15) is 0 Å². The summed E-state index contributed by atoms with van der Waals surface area (Å²) in [4.78, 5) is 64.3. The number of benzene rings is 4. The van der Waals surface area contributed by atoms with E-state index in [-0.39, 0.29) is 30.2 Å². The van der Waals surface area contributed by atoms with Gasteiger partial charge in [0.25, 0.3) is 11.8 Å². The second kappa shape index (κ2) is 17.7. The molecule has 2 aliphatic heterocycles. The standard InChI is InChI=1S/C50H54N8O4/c1-31-16-17-39(22-32(31)2)43-27-51-49(55(43)5)53-47(61)41-12-7-10-35(24-41)29-57-21-20-38(34(57)4)26-37-18-19-40(23-33(37)3)44-28-52-50(56(44)6)54-48(62)42-13-8-11-36(25-42)30-58-45(59)14-9-15-46(58)60/h7-8,10-13,16-19,22-25,27-28,34,38H,9,14-15,20-21,26,29-30H2,1-6H3,(H,51,53,61)(H,52,54,62). The average molecular weight is 831 g/mol. The van der Waals surface area contributed by atoms with Gasteiger partial charge in [0.05, 0.1) is 30.3 Å². The SMILES string of the molecule is Cc1ccc(-c2cnc(NC(=O)c3cccc(CN4CCC(Cc5ccc(-c6cnc(NC(=O)c7cccc(CN8C(=O)CCCC8=O)c7)n6C)cc5C)C4C)c3)n2C)cc1C. The lowest BCUT2D eigenvalue weighted by Gasteiger charge is -2.25. The van der Waals surface area contributed by atoms with Crippen molar-refractivity contribution in [3.05, 3.63) is 142 Å². The van der Waals surface area contributed by atoms with Crippen molar-refractivity contribution in [1.82, 2.24) is 28.9 Å². The van der Waals surface area contributed by atoms with Crippen LogP contribution in [0.4, 0.5) is 11.9 Å². The van der Waals surface area contributed by atoms with Crippen molar-refractivity contribution >= 4 is 35.5 Å². The maximum atomic E-state index is 13.4. The first kappa shape index (κ1) is 42.0. The molecular formula is C50H54N8O4. The van der Waals surface area contributed by atoms with Gasteiger partial charge >= 0.3 is 0 Å². The molecule has 0 radical (unpaired) electrons. The van der Waals surface area contributed by atoms with Gasteiger partial charge in [0, 0.05) is 61.8 Å². The smallest absolute Gasteiger partial charge is 0.257 e. The normalized spacial score (nSPS) is 16.8. The highest BCUT2D eigenvalue weighted by Crippen LogP contribution is 2.32. The first-order valence-corrected chi connectivity index (χ1v) is 21.4. The molecule has 2 atom stereocenters. The summed E-state index contributed by atoms with van der Waals surface area (Å²) < 4.78 is 3.79. The number of nitrogens with zero attached hydrogens (tertiary/aromatic N) is 6. The minimum absolute atomic E-state index is 0.152. The zero-order valence-electron chi connectivity index (χ0n) is 36.4. The van der Waals surface area contributed by atoms with E-state index in [0.717, 1.165) is 54.0 Å². The molecule has 0 spiro atoms. The number of rotatable bonds is 12. The van der Waals surface area contributed by atoms with Gasteiger partial charge in [-0.15, -0.1) is 0 Å². The van der Waals surface area contributed by atoms with Gasteiger partial charge in [-0.3, -0.25) is 39.6 Å². The first-order chi connectivity index (χ1) is 29.8. The minimum atomic E-state index is -0.323. The van der Waals surface area contributed by atoms with Gasteiger partial charge < -0.3 is 9.13 Å². The van der Waals surface area contributed by atoms with E-state index in [1.807, 2.05) is 47.5 Å². The predicted molar refractivity (Wildman–Crippen MR) is 241 cm³/mol. The highest BCUT2D eigenvalue weighted by atomic mass is 16.2. The number of imide groups is 1. The monoisotopic (exact) mass is 830 g/mol. The molecule has 4 aromatic carbocycles. The molecule has 8 rings (SSSR count). The first-order valence-electron chi connectivity index (χ1n) is 21.4. The van der Waals surface area contributed by atoms with Crippen LogP contribution in [-0.4, -0.2) is 65.1 Å². The Morgan fingerprint density at radius 2 is 1.23 bits per heavy atom. The number of imidazole rings is 2. The average Bonchev–Trinajstić information content (AvgIpc) is 3.93. The Hall–Kier alpha value is -6.66. The highest BCUT2D eigenvalue weighted by molar-refractivity contribution is 6.04. The van der Waals surface area contributed by atoms with Crippen molar-refractivity contribution in [2.24, 2.45) is 20.0 Å². The number of nitrogens with one attached hydrogen (secondary N) is 2. The molecule has 12 heteroatoms. The van der Waals surface area contributed by atoms with Crippen LogP contribution in [0.25, 0.3) is 22.5 Å². The summed E-state index contributed by atoms with van der Waals surface area (Å²) in [7, 11) is 3.80. The molecule has 0 aliphatic carbocycles. The predicted octanol–water partition coefficient (Wildman–Crippen LogP) is 8.41. The summed E-state index contributed by atoms with van der Waals surface area (Å²) in [6.07, 6.45) is 6.93. The van der Waals surface area contributed by atoms with Crippen LogP contribution in [0.15, 0.2) is 97.3 Å². The summed E-state index contributed by atoms with van der Waals surface area (Å²) in [5.41, 5.74) is 11.7. The van der Waals surface area contributed by atoms with E-state index in [9.17, 15) is 19.2 Å². The van der Waals surface area contributed by atoms with Crippen molar-refractivity contribution in [1.29, 1.82) is 0 Å². The lowest BCUT2D eigenvalue weighted by Crippen LogP contribution is -2.39. The lowest BCUT2D eigenvalue weighted by atomic mass is 9.90. The maximum Gasteiger partial charge on any atom is 0.257 e. The second-order valence-corrected chi connectivity index (χ2v) is 17.0. The van der Waals surface area contributed by atoms with E-state index in [4.69, 9.17) is 0 Å². The highest BCUT2D eigenvalue weighted by Gasteiger charge is 2.31. The fourth-order valence-corrected chi connectivity index (χ4v) is 8.79. The molecule has 12 nitrogen and oxygen atoms in total. The molecular weight excluding hydrogens is 777 g/mol. The van der Waals surface area contributed by atoms with Gasteiger partial charge in [0.2, 0.25) is 23.7 Å². The maximum absolute atomic E-state index is 13.4. The Balaban J connectivity index is 0.864. The van der Waals surface area contributed by atoms with E-state index < -0.39 is 0 Å².